The largest absolute Gasteiger partial charge is 0.330 e. The van der Waals surface area contributed by atoms with Crippen LogP contribution in [0.25, 0.3) is 0 Å². The number of nitrogens with zero attached hydrogens (tertiary/aromatic N) is 3. The van der Waals surface area contributed by atoms with Gasteiger partial charge in [-0.15, -0.1) is 0 Å². The van der Waals surface area contributed by atoms with Crippen molar-refractivity contribution in [3.05, 3.63) is 11.6 Å². The van der Waals surface area contributed by atoms with E-state index >= 15 is 0 Å². The van der Waals surface area contributed by atoms with E-state index in [2.05, 4.69) is 16.4 Å². The van der Waals surface area contributed by atoms with Crippen LogP contribution in [-0.2, 0) is 9.59 Å². The SMILES string of the molecule is CN(C)CCCN=CC1C(=O)NC(=O)N(CCC2=CCCCC2)C1=O. The van der Waals surface area contributed by atoms with E-state index in [4.69, 9.17) is 0 Å². The summed E-state index contributed by atoms with van der Waals surface area (Å²) in [6, 6.07) is -0.622. The van der Waals surface area contributed by atoms with Crippen molar-refractivity contribution < 1.29 is 14.4 Å². The monoisotopic (exact) mass is 348 g/mol. The van der Waals surface area contributed by atoms with Gasteiger partial charge in [-0.3, -0.25) is 24.8 Å². The summed E-state index contributed by atoms with van der Waals surface area (Å²) in [5.74, 6) is -2.06. The molecule has 138 valence electrons. The van der Waals surface area contributed by atoms with Crippen LogP contribution in [0.15, 0.2) is 16.6 Å². The molecule has 0 saturated carbocycles. The number of amides is 4. The van der Waals surface area contributed by atoms with E-state index < -0.39 is 23.8 Å². The highest BCUT2D eigenvalue weighted by molar-refractivity contribution is 6.23. The number of nitrogens with one attached hydrogen (secondary N) is 1. The molecule has 2 aliphatic rings. The number of hydrogen-bond donors (Lipinski definition) is 1. The summed E-state index contributed by atoms with van der Waals surface area (Å²) in [4.78, 5) is 43.8. The number of carbonyl (C=O) groups is 3. The van der Waals surface area contributed by atoms with Gasteiger partial charge in [-0.05, 0) is 59.2 Å². The van der Waals surface area contributed by atoms with Gasteiger partial charge in [0.1, 0.15) is 0 Å². The van der Waals surface area contributed by atoms with Crippen LogP contribution in [-0.4, -0.2) is 67.6 Å². The van der Waals surface area contributed by atoms with Gasteiger partial charge >= 0.3 is 6.03 Å². The molecule has 0 spiro atoms. The molecule has 4 amide bonds. The van der Waals surface area contributed by atoms with E-state index in [9.17, 15) is 14.4 Å². The van der Waals surface area contributed by atoms with Crippen LogP contribution in [0, 0.1) is 5.92 Å². The quantitative estimate of drug-likeness (QED) is 0.313. The van der Waals surface area contributed by atoms with Crippen LogP contribution in [0.5, 0.6) is 0 Å². The molecule has 1 aliphatic heterocycles. The van der Waals surface area contributed by atoms with Gasteiger partial charge in [-0.1, -0.05) is 11.6 Å². The van der Waals surface area contributed by atoms with Crippen molar-refractivity contribution in [3.8, 4) is 0 Å². The number of carbonyl (C=O) groups excluding carboxylic acids is 3. The number of hydrogen-bond acceptors (Lipinski definition) is 5. The molecule has 25 heavy (non-hydrogen) atoms. The predicted molar refractivity (Wildman–Crippen MR) is 96.4 cm³/mol. The fourth-order valence-electron chi connectivity index (χ4n) is 3.02. The van der Waals surface area contributed by atoms with Crippen LogP contribution >= 0.6 is 0 Å². The van der Waals surface area contributed by atoms with Crippen LogP contribution in [0.4, 0.5) is 4.79 Å². The summed E-state index contributed by atoms with van der Waals surface area (Å²) in [7, 11) is 3.96. The molecule has 1 aliphatic carbocycles. The Bertz CT molecular complexity index is 569. The minimum Gasteiger partial charge on any atom is -0.309 e. The van der Waals surface area contributed by atoms with Crippen molar-refractivity contribution in [1.82, 2.24) is 15.1 Å². The van der Waals surface area contributed by atoms with Crippen LogP contribution in [0.2, 0.25) is 0 Å². The van der Waals surface area contributed by atoms with Crippen molar-refractivity contribution in [2.24, 2.45) is 10.9 Å². The van der Waals surface area contributed by atoms with Crippen LogP contribution in [0.1, 0.15) is 38.5 Å². The number of barbiturate groups is 1. The maximum atomic E-state index is 12.5. The highest BCUT2D eigenvalue weighted by Gasteiger charge is 2.39. The third-order valence-electron chi connectivity index (χ3n) is 4.48. The Hall–Kier alpha value is -2.02. The predicted octanol–water partition coefficient (Wildman–Crippen LogP) is 1.59. The van der Waals surface area contributed by atoms with E-state index in [0.717, 1.165) is 37.1 Å². The van der Waals surface area contributed by atoms with Crippen molar-refractivity contribution >= 4 is 24.1 Å². The zero-order valence-electron chi connectivity index (χ0n) is 15.2. The molecule has 1 heterocycles. The molecule has 7 nitrogen and oxygen atoms in total. The number of allylic oxidation sites excluding steroid dienone is 1. The summed E-state index contributed by atoms with van der Waals surface area (Å²) >= 11 is 0. The average molecular weight is 348 g/mol. The van der Waals surface area contributed by atoms with E-state index in [0.29, 0.717) is 19.5 Å². The first-order chi connectivity index (χ1) is 12.0. The summed E-state index contributed by atoms with van der Waals surface area (Å²) in [6.45, 7) is 1.76. The van der Waals surface area contributed by atoms with Gasteiger partial charge in [-0.2, -0.15) is 0 Å². The second-order valence-corrected chi connectivity index (χ2v) is 6.83. The number of imide groups is 2. The van der Waals surface area contributed by atoms with Gasteiger partial charge in [0, 0.05) is 19.3 Å². The summed E-state index contributed by atoms with van der Waals surface area (Å²) < 4.78 is 0. The molecular formula is C18H28N4O3. The van der Waals surface area contributed by atoms with Gasteiger partial charge in [0.2, 0.25) is 11.8 Å². The van der Waals surface area contributed by atoms with E-state index in [1.807, 2.05) is 19.0 Å². The van der Waals surface area contributed by atoms with Gasteiger partial charge in [-0.25, -0.2) is 4.79 Å². The first kappa shape index (κ1) is 19.3. The summed E-state index contributed by atoms with van der Waals surface area (Å²) in [5, 5.41) is 2.27. The Morgan fingerprint density at radius 2 is 2.12 bits per heavy atom. The van der Waals surface area contributed by atoms with Gasteiger partial charge in [0.25, 0.3) is 0 Å². The summed E-state index contributed by atoms with van der Waals surface area (Å²) in [5.41, 5.74) is 1.29. The second kappa shape index (κ2) is 9.46. The normalized spacial score (nSPS) is 21.9. The first-order valence-electron chi connectivity index (χ1n) is 8.98. The van der Waals surface area contributed by atoms with E-state index in [1.54, 1.807) is 0 Å². The maximum Gasteiger partial charge on any atom is 0.330 e. The van der Waals surface area contributed by atoms with Crippen molar-refractivity contribution in [3.63, 3.8) is 0 Å². The molecule has 1 N–H and O–H groups in total. The minimum absolute atomic E-state index is 0.314. The van der Waals surface area contributed by atoms with Gasteiger partial charge < -0.3 is 4.90 Å². The lowest BCUT2D eigenvalue weighted by Crippen LogP contribution is -2.58. The Kier molecular flexibility index (Phi) is 7.31. The maximum absolute atomic E-state index is 12.5. The molecule has 0 aromatic heterocycles. The highest BCUT2D eigenvalue weighted by Crippen LogP contribution is 2.21. The lowest BCUT2D eigenvalue weighted by Gasteiger charge is -2.29. The number of urea groups is 1. The fraction of sp³-hybridized carbons (Fsp3) is 0.667. The highest BCUT2D eigenvalue weighted by atomic mass is 16.2. The molecule has 1 saturated heterocycles. The average Bonchev–Trinajstić information content (AvgIpc) is 2.57. The molecular weight excluding hydrogens is 320 g/mol. The van der Waals surface area contributed by atoms with Crippen LogP contribution in [0.3, 0.4) is 0 Å². The number of aliphatic imine (C=N–C) groups is 1. The van der Waals surface area contributed by atoms with Gasteiger partial charge in [0.05, 0.1) is 0 Å². The fourth-order valence-corrected chi connectivity index (χ4v) is 3.02. The Balaban J connectivity index is 1.90. The third-order valence-corrected chi connectivity index (χ3v) is 4.48. The number of rotatable bonds is 8. The molecule has 0 aromatic rings. The summed E-state index contributed by atoms with van der Waals surface area (Å²) in [6.07, 6.45) is 9.57. The molecule has 7 heteroatoms. The smallest absolute Gasteiger partial charge is 0.309 e. The molecule has 1 fully saturated rings. The molecule has 2 rings (SSSR count). The zero-order valence-corrected chi connectivity index (χ0v) is 15.2. The van der Waals surface area contributed by atoms with Crippen molar-refractivity contribution in [2.45, 2.75) is 38.5 Å². The third kappa shape index (κ3) is 5.77. The molecule has 0 radical (unpaired) electrons. The van der Waals surface area contributed by atoms with Crippen LogP contribution < -0.4 is 5.32 Å². The first-order valence-corrected chi connectivity index (χ1v) is 8.98. The Morgan fingerprint density at radius 1 is 1.32 bits per heavy atom. The molecule has 0 aromatic carbocycles. The van der Waals surface area contributed by atoms with E-state index in [-0.39, 0.29) is 0 Å². The molecule has 1 unspecified atom stereocenters. The van der Waals surface area contributed by atoms with Crippen molar-refractivity contribution in [2.75, 3.05) is 33.7 Å². The lowest BCUT2D eigenvalue weighted by atomic mass is 9.97. The van der Waals surface area contributed by atoms with Gasteiger partial charge in [0.15, 0.2) is 5.92 Å². The molecule has 0 bridgehead atoms. The Morgan fingerprint density at radius 3 is 2.80 bits per heavy atom. The standard InChI is InChI=1S/C18H28N4O3/c1-21(2)11-6-10-19-13-15-16(23)20-18(25)22(17(15)24)12-9-14-7-4-3-5-8-14/h7,13,15H,3-6,8-12H2,1-2H3,(H,20,23,25). The topological polar surface area (TPSA) is 82.1 Å². The zero-order chi connectivity index (χ0) is 18.2. The van der Waals surface area contributed by atoms with Crippen molar-refractivity contribution in [1.29, 1.82) is 0 Å². The second-order valence-electron chi connectivity index (χ2n) is 6.83. The minimum atomic E-state index is -1.00. The lowest BCUT2D eigenvalue weighted by molar-refractivity contribution is -0.139. The Labute approximate surface area is 149 Å². The van der Waals surface area contributed by atoms with E-state index in [1.165, 1.54) is 18.2 Å². The molecule has 1 atom stereocenters.